The number of hydrogen-bond donors (Lipinski definition) is 1. The SMILES string of the molecule is CCOC(=O)C1(NC(=O)c2ccccc2)CC(C)(C)N(C(C)OC(C)=O)C(C)(C)C1. The standard InChI is InChI=1S/C23H34N2O5/c1-8-29-20(28)23(24-19(27)18-12-10-9-11-13-18)14-21(4,5)25(22(6,7)15-23)16(2)30-17(3)26/h9-13,16H,8,14-15H2,1-7H3,(H,24,27). The summed E-state index contributed by atoms with van der Waals surface area (Å²) in [7, 11) is 0. The number of ether oxygens (including phenoxy) is 2. The molecule has 1 heterocycles. The first-order valence-corrected chi connectivity index (χ1v) is 10.4. The molecule has 1 aliphatic rings. The lowest BCUT2D eigenvalue weighted by molar-refractivity contribution is -0.192. The van der Waals surface area contributed by atoms with E-state index in [1.165, 1.54) is 6.92 Å². The van der Waals surface area contributed by atoms with E-state index in [1.54, 1.807) is 31.2 Å². The van der Waals surface area contributed by atoms with Gasteiger partial charge < -0.3 is 14.8 Å². The second-order valence-corrected chi connectivity index (χ2v) is 9.18. The zero-order valence-electron chi connectivity index (χ0n) is 19.1. The molecule has 1 fully saturated rings. The van der Waals surface area contributed by atoms with Gasteiger partial charge >= 0.3 is 11.9 Å². The molecule has 0 aliphatic carbocycles. The first kappa shape index (κ1) is 23.9. The van der Waals surface area contributed by atoms with Crippen molar-refractivity contribution in [3.63, 3.8) is 0 Å². The van der Waals surface area contributed by atoms with E-state index in [0.717, 1.165) is 0 Å². The third kappa shape index (κ3) is 5.01. The van der Waals surface area contributed by atoms with Crippen molar-refractivity contribution in [3.05, 3.63) is 35.9 Å². The van der Waals surface area contributed by atoms with Gasteiger partial charge in [-0.15, -0.1) is 0 Å². The fourth-order valence-corrected chi connectivity index (χ4v) is 5.24. The molecule has 1 saturated heterocycles. The Morgan fingerprint density at radius 2 is 1.60 bits per heavy atom. The summed E-state index contributed by atoms with van der Waals surface area (Å²) in [6, 6.07) is 8.82. The molecule has 1 aromatic carbocycles. The van der Waals surface area contributed by atoms with E-state index in [1.807, 2.05) is 40.7 Å². The minimum Gasteiger partial charge on any atom is -0.464 e. The van der Waals surface area contributed by atoms with Crippen LogP contribution < -0.4 is 5.32 Å². The van der Waals surface area contributed by atoms with Crippen LogP contribution in [0.15, 0.2) is 30.3 Å². The zero-order valence-corrected chi connectivity index (χ0v) is 19.1. The predicted molar refractivity (Wildman–Crippen MR) is 114 cm³/mol. The van der Waals surface area contributed by atoms with Crippen LogP contribution in [0, 0.1) is 0 Å². The van der Waals surface area contributed by atoms with E-state index >= 15 is 0 Å². The Balaban J connectivity index is 2.45. The van der Waals surface area contributed by atoms with Crippen LogP contribution >= 0.6 is 0 Å². The van der Waals surface area contributed by atoms with Gasteiger partial charge in [-0.3, -0.25) is 14.5 Å². The summed E-state index contributed by atoms with van der Waals surface area (Å²) >= 11 is 0. The van der Waals surface area contributed by atoms with Crippen molar-refractivity contribution < 1.29 is 23.9 Å². The predicted octanol–water partition coefficient (Wildman–Crippen LogP) is 3.28. The van der Waals surface area contributed by atoms with Crippen molar-refractivity contribution in [2.24, 2.45) is 0 Å². The average molecular weight is 419 g/mol. The largest absolute Gasteiger partial charge is 0.464 e. The highest BCUT2D eigenvalue weighted by molar-refractivity contribution is 5.98. The van der Waals surface area contributed by atoms with E-state index in [4.69, 9.17) is 9.47 Å². The summed E-state index contributed by atoms with van der Waals surface area (Å²) in [6.07, 6.45) is 0.135. The van der Waals surface area contributed by atoms with Crippen LogP contribution in [0.4, 0.5) is 0 Å². The molecule has 30 heavy (non-hydrogen) atoms. The minimum absolute atomic E-state index is 0.218. The molecule has 1 N–H and O–H groups in total. The second-order valence-electron chi connectivity index (χ2n) is 9.18. The number of nitrogens with one attached hydrogen (secondary N) is 1. The van der Waals surface area contributed by atoms with Crippen LogP contribution in [0.2, 0.25) is 0 Å². The van der Waals surface area contributed by atoms with Crippen LogP contribution in [-0.4, -0.2) is 52.2 Å². The fourth-order valence-electron chi connectivity index (χ4n) is 5.24. The molecule has 2 rings (SSSR count). The number of benzene rings is 1. The van der Waals surface area contributed by atoms with Crippen LogP contribution in [0.1, 0.15) is 71.7 Å². The first-order chi connectivity index (χ1) is 13.8. The highest BCUT2D eigenvalue weighted by atomic mass is 16.6. The van der Waals surface area contributed by atoms with Gasteiger partial charge in [0.2, 0.25) is 0 Å². The normalized spacial score (nSPS) is 20.6. The Hall–Kier alpha value is -2.41. The quantitative estimate of drug-likeness (QED) is 0.714. The van der Waals surface area contributed by atoms with E-state index < -0.39 is 28.8 Å². The van der Waals surface area contributed by atoms with Crippen molar-refractivity contribution in [2.45, 2.75) is 84.2 Å². The number of amides is 1. The number of carbonyl (C=O) groups excluding carboxylic acids is 3. The molecule has 7 nitrogen and oxygen atoms in total. The van der Waals surface area contributed by atoms with Crippen LogP contribution in [-0.2, 0) is 19.1 Å². The smallest absolute Gasteiger partial charge is 0.331 e. The molecule has 1 amide bonds. The summed E-state index contributed by atoms with van der Waals surface area (Å²) in [5.41, 5.74) is -1.88. The molecule has 7 heteroatoms. The topological polar surface area (TPSA) is 84.9 Å². The molecule has 0 spiro atoms. The summed E-state index contributed by atoms with van der Waals surface area (Å²) in [5.74, 6) is -1.14. The van der Waals surface area contributed by atoms with Crippen LogP contribution in [0.5, 0.6) is 0 Å². The first-order valence-electron chi connectivity index (χ1n) is 10.4. The lowest BCUT2D eigenvalue weighted by atomic mass is 9.68. The fraction of sp³-hybridized carbons (Fsp3) is 0.609. The van der Waals surface area contributed by atoms with E-state index in [2.05, 4.69) is 10.2 Å². The van der Waals surface area contributed by atoms with Crippen molar-refractivity contribution in [3.8, 4) is 0 Å². The second kappa shape index (κ2) is 8.76. The Morgan fingerprint density at radius 3 is 2.07 bits per heavy atom. The van der Waals surface area contributed by atoms with Crippen molar-refractivity contribution in [1.29, 1.82) is 0 Å². The zero-order chi connectivity index (χ0) is 22.7. The number of likely N-dealkylation sites (tertiary alicyclic amines) is 1. The number of esters is 2. The number of hydrogen-bond acceptors (Lipinski definition) is 6. The molecular formula is C23H34N2O5. The lowest BCUT2D eigenvalue weighted by Crippen LogP contribution is -2.73. The van der Waals surface area contributed by atoms with Gasteiger partial charge in [0.1, 0.15) is 5.54 Å². The Labute approximate surface area is 179 Å². The lowest BCUT2D eigenvalue weighted by Gasteiger charge is -2.59. The monoisotopic (exact) mass is 418 g/mol. The third-order valence-electron chi connectivity index (χ3n) is 5.53. The summed E-state index contributed by atoms with van der Waals surface area (Å²) in [6.45, 7) is 13.1. The molecule has 0 bridgehead atoms. The molecular weight excluding hydrogens is 384 g/mol. The van der Waals surface area contributed by atoms with Gasteiger partial charge in [-0.25, -0.2) is 4.79 Å². The molecule has 166 valence electrons. The highest BCUT2D eigenvalue weighted by Gasteiger charge is 2.58. The molecule has 0 radical (unpaired) electrons. The molecule has 0 saturated carbocycles. The Bertz CT molecular complexity index is 770. The molecule has 0 aromatic heterocycles. The van der Waals surface area contributed by atoms with Gasteiger partial charge in [0, 0.05) is 23.6 Å². The summed E-state index contributed by atoms with van der Waals surface area (Å²) < 4.78 is 10.9. The summed E-state index contributed by atoms with van der Waals surface area (Å²) in [4.78, 5) is 39.8. The van der Waals surface area contributed by atoms with Crippen LogP contribution in [0.25, 0.3) is 0 Å². The number of carbonyl (C=O) groups is 3. The van der Waals surface area contributed by atoms with E-state index in [0.29, 0.717) is 18.4 Å². The molecule has 1 aliphatic heterocycles. The maximum absolute atomic E-state index is 13.2. The highest BCUT2D eigenvalue weighted by Crippen LogP contribution is 2.45. The maximum Gasteiger partial charge on any atom is 0.331 e. The van der Waals surface area contributed by atoms with Gasteiger partial charge in [0.15, 0.2) is 6.23 Å². The third-order valence-corrected chi connectivity index (χ3v) is 5.53. The number of piperidine rings is 1. The molecule has 1 atom stereocenters. The van der Waals surface area contributed by atoms with Gasteiger partial charge in [-0.1, -0.05) is 18.2 Å². The number of rotatable bonds is 6. The minimum atomic E-state index is -1.21. The van der Waals surface area contributed by atoms with Crippen molar-refractivity contribution >= 4 is 17.8 Å². The van der Waals surface area contributed by atoms with E-state index in [-0.39, 0.29) is 18.5 Å². The van der Waals surface area contributed by atoms with Crippen molar-refractivity contribution in [2.75, 3.05) is 6.61 Å². The summed E-state index contributed by atoms with van der Waals surface area (Å²) in [5, 5.41) is 3.00. The molecule has 1 unspecified atom stereocenters. The van der Waals surface area contributed by atoms with Gasteiger partial charge in [0.05, 0.1) is 6.61 Å². The average Bonchev–Trinajstić information content (AvgIpc) is 2.59. The molecule has 1 aromatic rings. The van der Waals surface area contributed by atoms with Gasteiger partial charge in [-0.2, -0.15) is 0 Å². The Kier molecular flexibility index (Phi) is 6.97. The Morgan fingerprint density at radius 1 is 1.07 bits per heavy atom. The van der Waals surface area contributed by atoms with E-state index in [9.17, 15) is 14.4 Å². The maximum atomic E-state index is 13.2. The van der Waals surface area contributed by atoms with Gasteiger partial charge in [-0.05, 0) is 66.5 Å². The number of nitrogens with zero attached hydrogens (tertiary/aromatic N) is 1. The van der Waals surface area contributed by atoms with Crippen molar-refractivity contribution in [1.82, 2.24) is 10.2 Å². The van der Waals surface area contributed by atoms with Gasteiger partial charge in [0.25, 0.3) is 5.91 Å². The van der Waals surface area contributed by atoms with Crippen LogP contribution in [0.3, 0.4) is 0 Å².